The van der Waals surface area contributed by atoms with Crippen LogP contribution >= 0.6 is 0 Å². The van der Waals surface area contributed by atoms with Crippen LogP contribution in [-0.2, 0) is 0 Å². The van der Waals surface area contributed by atoms with Crippen LogP contribution in [0.5, 0.6) is 0 Å². The third-order valence-corrected chi connectivity index (χ3v) is 3.92. The minimum atomic E-state index is -0.436. The first-order chi connectivity index (χ1) is 8.48. The summed E-state index contributed by atoms with van der Waals surface area (Å²) < 4.78 is 0. The molecule has 1 saturated heterocycles. The number of rotatable bonds is 2. The molecule has 0 amide bonds. The molecule has 0 aromatic carbocycles. The van der Waals surface area contributed by atoms with Gasteiger partial charge in [-0.05, 0) is 43.2 Å². The topological polar surface area (TPSA) is 36.4 Å². The van der Waals surface area contributed by atoms with E-state index >= 15 is 0 Å². The molecule has 0 unspecified atom stereocenters. The van der Waals surface area contributed by atoms with Crippen LogP contribution in [0.2, 0.25) is 0 Å². The van der Waals surface area contributed by atoms with E-state index in [4.69, 9.17) is 0 Å². The standard InChI is InChI=1S/C15H24N2O/c1-12(18)13-5-6-14(16-11-13)17-9-4-7-15(2,3)8-10-17/h5-6,11-12,18H,4,7-10H2,1-3H3/t12-/m1/s1. The summed E-state index contributed by atoms with van der Waals surface area (Å²) in [5, 5.41) is 9.48. The Morgan fingerprint density at radius 3 is 2.67 bits per heavy atom. The lowest BCUT2D eigenvalue weighted by Gasteiger charge is -2.24. The van der Waals surface area contributed by atoms with Crippen molar-refractivity contribution < 1.29 is 5.11 Å². The van der Waals surface area contributed by atoms with Crippen molar-refractivity contribution in [1.82, 2.24) is 4.98 Å². The monoisotopic (exact) mass is 248 g/mol. The molecule has 0 saturated carbocycles. The molecule has 0 bridgehead atoms. The van der Waals surface area contributed by atoms with E-state index in [2.05, 4.69) is 23.7 Å². The maximum Gasteiger partial charge on any atom is 0.128 e. The van der Waals surface area contributed by atoms with Crippen molar-refractivity contribution in [3.63, 3.8) is 0 Å². The number of hydrogen-bond acceptors (Lipinski definition) is 3. The number of pyridine rings is 1. The van der Waals surface area contributed by atoms with Gasteiger partial charge < -0.3 is 10.0 Å². The molecule has 0 radical (unpaired) electrons. The van der Waals surface area contributed by atoms with Crippen LogP contribution in [0.15, 0.2) is 18.3 Å². The average Bonchev–Trinajstić information content (AvgIpc) is 2.50. The number of aliphatic hydroxyl groups is 1. The number of aromatic nitrogens is 1. The summed E-state index contributed by atoms with van der Waals surface area (Å²) in [6.45, 7) is 8.63. The van der Waals surface area contributed by atoms with Gasteiger partial charge in [-0.1, -0.05) is 19.9 Å². The molecule has 1 fully saturated rings. The van der Waals surface area contributed by atoms with E-state index in [1.807, 2.05) is 12.1 Å². The van der Waals surface area contributed by atoms with E-state index in [1.165, 1.54) is 19.3 Å². The minimum absolute atomic E-state index is 0.436. The summed E-state index contributed by atoms with van der Waals surface area (Å²) in [5.74, 6) is 1.04. The van der Waals surface area contributed by atoms with Gasteiger partial charge in [0.05, 0.1) is 6.10 Å². The summed E-state index contributed by atoms with van der Waals surface area (Å²) in [7, 11) is 0. The molecule has 0 aliphatic carbocycles. The van der Waals surface area contributed by atoms with E-state index in [0.717, 1.165) is 24.5 Å². The molecule has 1 N–H and O–H groups in total. The Labute approximate surface area is 110 Å². The van der Waals surface area contributed by atoms with Gasteiger partial charge in [-0.15, -0.1) is 0 Å². The highest BCUT2D eigenvalue weighted by Gasteiger charge is 2.23. The van der Waals surface area contributed by atoms with Crippen molar-refractivity contribution in [2.24, 2.45) is 5.41 Å². The Kier molecular flexibility index (Phi) is 3.91. The van der Waals surface area contributed by atoms with Gasteiger partial charge in [-0.2, -0.15) is 0 Å². The largest absolute Gasteiger partial charge is 0.389 e. The maximum atomic E-state index is 9.48. The van der Waals surface area contributed by atoms with E-state index in [0.29, 0.717) is 5.41 Å². The fourth-order valence-corrected chi connectivity index (χ4v) is 2.48. The zero-order chi connectivity index (χ0) is 13.2. The number of aliphatic hydroxyl groups excluding tert-OH is 1. The molecule has 100 valence electrons. The number of nitrogens with zero attached hydrogens (tertiary/aromatic N) is 2. The second kappa shape index (κ2) is 5.27. The van der Waals surface area contributed by atoms with E-state index in [1.54, 1.807) is 13.1 Å². The molecule has 3 heteroatoms. The van der Waals surface area contributed by atoms with Gasteiger partial charge in [-0.25, -0.2) is 4.98 Å². The average molecular weight is 248 g/mol. The number of anilines is 1. The molecular formula is C15H24N2O. The molecule has 18 heavy (non-hydrogen) atoms. The van der Waals surface area contributed by atoms with Crippen LogP contribution in [0.25, 0.3) is 0 Å². The first kappa shape index (κ1) is 13.3. The van der Waals surface area contributed by atoms with Crippen LogP contribution in [0, 0.1) is 5.41 Å². The van der Waals surface area contributed by atoms with E-state index < -0.39 is 6.10 Å². The molecule has 1 aliphatic rings. The van der Waals surface area contributed by atoms with Gasteiger partial charge in [0.2, 0.25) is 0 Å². The van der Waals surface area contributed by atoms with Gasteiger partial charge >= 0.3 is 0 Å². The van der Waals surface area contributed by atoms with Crippen molar-refractivity contribution in [3.05, 3.63) is 23.9 Å². The van der Waals surface area contributed by atoms with Gasteiger partial charge in [0.25, 0.3) is 0 Å². The van der Waals surface area contributed by atoms with Crippen LogP contribution in [-0.4, -0.2) is 23.2 Å². The van der Waals surface area contributed by atoms with Gasteiger partial charge in [0, 0.05) is 19.3 Å². The number of hydrogen-bond donors (Lipinski definition) is 1. The van der Waals surface area contributed by atoms with Crippen molar-refractivity contribution in [1.29, 1.82) is 0 Å². The first-order valence-electron chi connectivity index (χ1n) is 6.87. The maximum absolute atomic E-state index is 9.48. The van der Waals surface area contributed by atoms with Crippen molar-refractivity contribution in [2.45, 2.75) is 46.1 Å². The molecule has 0 spiro atoms. The Balaban J connectivity index is 2.07. The van der Waals surface area contributed by atoms with Crippen molar-refractivity contribution >= 4 is 5.82 Å². The van der Waals surface area contributed by atoms with Crippen LogP contribution in [0.4, 0.5) is 5.82 Å². The summed E-state index contributed by atoms with van der Waals surface area (Å²) in [6, 6.07) is 4.00. The third-order valence-electron chi connectivity index (χ3n) is 3.92. The van der Waals surface area contributed by atoms with Gasteiger partial charge in [0.15, 0.2) is 0 Å². The van der Waals surface area contributed by atoms with Crippen LogP contribution in [0.3, 0.4) is 0 Å². The minimum Gasteiger partial charge on any atom is -0.389 e. The molecule has 1 aromatic heterocycles. The van der Waals surface area contributed by atoms with Crippen molar-refractivity contribution in [2.75, 3.05) is 18.0 Å². The van der Waals surface area contributed by atoms with Crippen molar-refractivity contribution in [3.8, 4) is 0 Å². The predicted octanol–water partition coefficient (Wildman–Crippen LogP) is 3.15. The zero-order valence-corrected chi connectivity index (χ0v) is 11.7. The molecule has 2 rings (SSSR count). The molecule has 1 atom stereocenters. The Bertz CT molecular complexity index is 384. The summed E-state index contributed by atoms with van der Waals surface area (Å²) >= 11 is 0. The SMILES string of the molecule is C[C@@H](O)c1ccc(N2CCCC(C)(C)CC2)nc1. The smallest absolute Gasteiger partial charge is 0.128 e. The fourth-order valence-electron chi connectivity index (χ4n) is 2.48. The lowest BCUT2D eigenvalue weighted by molar-refractivity contribution is 0.199. The molecule has 3 nitrogen and oxygen atoms in total. The Morgan fingerprint density at radius 1 is 1.28 bits per heavy atom. The highest BCUT2D eigenvalue weighted by molar-refractivity contribution is 5.39. The van der Waals surface area contributed by atoms with Crippen LogP contribution in [0.1, 0.15) is 51.7 Å². The third kappa shape index (κ3) is 3.22. The summed E-state index contributed by atoms with van der Waals surface area (Å²) in [5.41, 5.74) is 1.34. The molecular weight excluding hydrogens is 224 g/mol. The first-order valence-corrected chi connectivity index (χ1v) is 6.87. The highest BCUT2D eigenvalue weighted by Crippen LogP contribution is 2.31. The molecule has 2 heterocycles. The summed E-state index contributed by atoms with van der Waals surface area (Å²) in [4.78, 5) is 6.84. The Hall–Kier alpha value is -1.09. The quantitative estimate of drug-likeness (QED) is 0.873. The lowest BCUT2D eigenvalue weighted by atomic mass is 9.85. The van der Waals surface area contributed by atoms with Crippen LogP contribution < -0.4 is 4.90 Å². The lowest BCUT2D eigenvalue weighted by Crippen LogP contribution is -2.25. The van der Waals surface area contributed by atoms with E-state index in [-0.39, 0.29) is 0 Å². The fraction of sp³-hybridized carbons (Fsp3) is 0.667. The molecule has 1 aliphatic heterocycles. The Morgan fingerprint density at radius 2 is 2.06 bits per heavy atom. The summed E-state index contributed by atoms with van der Waals surface area (Å²) in [6.07, 6.45) is 5.08. The normalized spacial score (nSPS) is 21.4. The zero-order valence-electron chi connectivity index (χ0n) is 11.7. The van der Waals surface area contributed by atoms with Gasteiger partial charge in [-0.3, -0.25) is 0 Å². The van der Waals surface area contributed by atoms with E-state index in [9.17, 15) is 5.11 Å². The predicted molar refractivity (Wildman–Crippen MR) is 74.7 cm³/mol. The second-order valence-corrected chi connectivity index (χ2v) is 6.13. The van der Waals surface area contributed by atoms with Gasteiger partial charge in [0.1, 0.15) is 5.82 Å². The second-order valence-electron chi connectivity index (χ2n) is 6.13. The molecule has 1 aromatic rings. The highest BCUT2D eigenvalue weighted by atomic mass is 16.3.